The van der Waals surface area contributed by atoms with Crippen molar-refractivity contribution in [1.82, 2.24) is 14.9 Å². The molecule has 0 saturated heterocycles. The fraction of sp³-hybridized carbons (Fsp3) is 0.208. The standard InChI is InChI=1S/C24H22Cl2N4O3/c1-14-4-7-22(15(2)8-14)32-13-19-16(3)33-29-23(19)24(31)28-18-10-27-30(12-18)11-17-5-6-20(25)21(26)9-17/h4-10,12H,11,13H2,1-3H3,(H,28,31). The van der Waals surface area contributed by atoms with Gasteiger partial charge in [0.05, 0.1) is 34.0 Å². The molecule has 4 rings (SSSR count). The first kappa shape index (κ1) is 22.9. The molecule has 0 aliphatic heterocycles. The van der Waals surface area contributed by atoms with E-state index < -0.39 is 5.91 Å². The molecule has 0 aliphatic carbocycles. The summed E-state index contributed by atoms with van der Waals surface area (Å²) in [6.07, 6.45) is 3.29. The number of rotatable bonds is 7. The number of amides is 1. The van der Waals surface area contributed by atoms with Crippen LogP contribution in [0.25, 0.3) is 0 Å². The van der Waals surface area contributed by atoms with Crippen LogP contribution in [0.4, 0.5) is 5.69 Å². The normalized spacial score (nSPS) is 10.9. The zero-order valence-electron chi connectivity index (χ0n) is 18.4. The molecule has 1 amide bonds. The van der Waals surface area contributed by atoms with Crippen LogP contribution < -0.4 is 10.1 Å². The number of hydrogen-bond acceptors (Lipinski definition) is 5. The van der Waals surface area contributed by atoms with Gasteiger partial charge in [0, 0.05) is 6.20 Å². The number of anilines is 1. The minimum Gasteiger partial charge on any atom is -0.488 e. The molecule has 0 bridgehead atoms. The molecule has 0 fully saturated rings. The Bertz CT molecular complexity index is 1310. The van der Waals surface area contributed by atoms with Crippen LogP contribution in [0.1, 0.15) is 38.5 Å². The second kappa shape index (κ2) is 9.68. The first-order chi connectivity index (χ1) is 15.8. The molecule has 1 N–H and O–H groups in total. The van der Waals surface area contributed by atoms with Crippen LogP contribution in [0.3, 0.4) is 0 Å². The number of aromatic nitrogens is 3. The quantitative estimate of drug-likeness (QED) is 0.348. The predicted molar refractivity (Wildman–Crippen MR) is 127 cm³/mol. The van der Waals surface area contributed by atoms with Gasteiger partial charge in [0.25, 0.3) is 5.91 Å². The van der Waals surface area contributed by atoms with Gasteiger partial charge in [-0.15, -0.1) is 0 Å². The Morgan fingerprint density at radius 1 is 1.12 bits per heavy atom. The van der Waals surface area contributed by atoms with Crippen molar-refractivity contribution in [1.29, 1.82) is 0 Å². The van der Waals surface area contributed by atoms with Gasteiger partial charge >= 0.3 is 0 Å². The van der Waals surface area contributed by atoms with E-state index in [9.17, 15) is 4.79 Å². The van der Waals surface area contributed by atoms with Crippen molar-refractivity contribution in [3.8, 4) is 5.75 Å². The van der Waals surface area contributed by atoms with E-state index in [0.717, 1.165) is 22.4 Å². The molecule has 0 radical (unpaired) electrons. The van der Waals surface area contributed by atoms with E-state index in [0.29, 0.717) is 33.6 Å². The lowest BCUT2D eigenvalue weighted by Crippen LogP contribution is -2.15. The molecule has 2 heterocycles. The lowest BCUT2D eigenvalue weighted by atomic mass is 10.1. The summed E-state index contributed by atoms with van der Waals surface area (Å²) in [4.78, 5) is 12.9. The highest BCUT2D eigenvalue weighted by molar-refractivity contribution is 6.42. The third-order valence-corrected chi connectivity index (χ3v) is 5.86. The highest BCUT2D eigenvalue weighted by atomic mass is 35.5. The predicted octanol–water partition coefficient (Wildman–Crippen LogP) is 5.98. The van der Waals surface area contributed by atoms with Crippen molar-refractivity contribution in [3.63, 3.8) is 0 Å². The van der Waals surface area contributed by atoms with Crippen molar-refractivity contribution in [2.24, 2.45) is 0 Å². The molecule has 0 atom stereocenters. The van der Waals surface area contributed by atoms with Crippen LogP contribution >= 0.6 is 23.2 Å². The number of ether oxygens (including phenoxy) is 1. The van der Waals surface area contributed by atoms with E-state index >= 15 is 0 Å². The van der Waals surface area contributed by atoms with Gasteiger partial charge in [0.15, 0.2) is 5.69 Å². The maximum Gasteiger partial charge on any atom is 0.278 e. The Balaban J connectivity index is 1.43. The van der Waals surface area contributed by atoms with E-state index in [2.05, 4.69) is 15.6 Å². The zero-order chi connectivity index (χ0) is 23.5. The van der Waals surface area contributed by atoms with Crippen LogP contribution in [-0.4, -0.2) is 20.8 Å². The van der Waals surface area contributed by atoms with E-state index in [1.54, 1.807) is 36.1 Å². The van der Waals surface area contributed by atoms with Gasteiger partial charge in [0.2, 0.25) is 0 Å². The van der Waals surface area contributed by atoms with Gasteiger partial charge in [0.1, 0.15) is 18.1 Å². The molecule has 0 saturated carbocycles. The fourth-order valence-electron chi connectivity index (χ4n) is 3.38. The SMILES string of the molecule is Cc1ccc(OCc2c(C(=O)Nc3cnn(Cc4ccc(Cl)c(Cl)c4)c3)noc2C)c(C)c1. The zero-order valence-corrected chi connectivity index (χ0v) is 19.9. The molecule has 9 heteroatoms. The first-order valence-electron chi connectivity index (χ1n) is 10.2. The third-order valence-electron chi connectivity index (χ3n) is 5.12. The Labute approximate surface area is 201 Å². The summed E-state index contributed by atoms with van der Waals surface area (Å²) in [5.41, 5.74) is 4.40. The summed E-state index contributed by atoms with van der Waals surface area (Å²) >= 11 is 12.0. The Morgan fingerprint density at radius 3 is 2.70 bits per heavy atom. The average Bonchev–Trinajstić information content (AvgIpc) is 3.36. The molecule has 33 heavy (non-hydrogen) atoms. The van der Waals surface area contributed by atoms with Crippen LogP contribution in [0.15, 0.2) is 53.3 Å². The van der Waals surface area contributed by atoms with Crippen molar-refractivity contribution >= 4 is 34.8 Å². The molecule has 0 aliphatic rings. The molecular weight excluding hydrogens is 463 g/mol. The van der Waals surface area contributed by atoms with Crippen molar-refractivity contribution in [2.45, 2.75) is 33.9 Å². The number of aryl methyl sites for hydroxylation is 3. The van der Waals surface area contributed by atoms with Crippen molar-refractivity contribution in [3.05, 3.63) is 92.5 Å². The lowest BCUT2D eigenvalue weighted by Gasteiger charge is -2.10. The largest absolute Gasteiger partial charge is 0.488 e. The van der Waals surface area contributed by atoms with Crippen molar-refractivity contribution < 1.29 is 14.1 Å². The van der Waals surface area contributed by atoms with E-state index in [-0.39, 0.29) is 12.3 Å². The summed E-state index contributed by atoms with van der Waals surface area (Å²) in [6, 6.07) is 11.3. The minimum atomic E-state index is -0.403. The van der Waals surface area contributed by atoms with Gasteiger partial charge in [-0.3, -0.25) is 9.48 Å². The maximum absolute atomic E-state index is 12.9. The van der Waals surface area contributed by atoms with Gasteiger partial charge in [-0.2, -0.15) is 5.10 Å². The second-order valence-corrected chi connectivity index (χ2v) is 8.57. The van der Waals surface area contributed by atoms with Crippen LogP contribution in [0.5, 0.6) is 5.75 Å². The molecule has 7 nitrogen and oxygen atoms in total. The highest BCUT2D eigenvalue weighted by Gasteiger charge is 2.21. The van der Waals surface area contributed by atoms with E-state index in [1.165, 1.54) is 0 Å². The van der Waals surface area contributed by atoms with Gasteiger partial charge in [-0.05, 0) is 50.1 Å². The molecule has 4 aromatic rings. The molecule has 0 spiro atoms. The number of carbonyl (C=O) groups is 1. The van der Waals surface area contributed by atoms with Crippen LogP contribution in [-0.2, 0) is 13.2 Å². The number of hydrogen-bond donors (Lipinski definition) is 1. The lowest BCUT2D eigenvalue weighted by molar-refractivity contribution is 0.101. The average molecular weight is 485 g/mol. The minimum absolute atomic E-state index is 0.165. The summed E-state index contributed by atoms with van der Waals surface area (Å²) in [5.74, 6) is 0.872. The molecule has 170 valence electrons. The molecule has 2 aromatic heterocycles. The Hall–Kier alpha value is -3.29. The first-order valence-corrected chi connectivity index (χ1v) is 11.0. The van der Waals surface area contributed by atoms with Crippen LogP contribution in [0, 0.1) is 20.8 Å². The summed E-state index contributed by atoms with van der Waals surface area (Å²) in [7, 11) is 0. The number of halogens is 2. The smallest absolute Gasteiger partial charge is 0.278 e. The Morgan fingerprint density at radius 2 is 1.94 bits per heavy atom. The maximum atomic E-state index is 12.9. The van der Waals surface area contributed by atoms with Gasteiger partial charge in [-0.25, -0.2) is 0 Å². The second-order valence-electron chi connectivity index (χ2n) is 7.75. The fourth-order valence-corrected chi connectivity index (χ4v) is 3.70. The van der Waals surface area contributed by atoms with Gasteiger partial charge in [-0.1, -0.05) is 52.1 Å². The van der Waals surface area contributed by atoms with E-state index in [1.807, 2.05) is 38.1 Å². The number of nitrogens with zero attached hydrogens (tertiary/aromatic N) is 3. The highest BCUT2D eigenvalue weighted by Crippen LogP contribution is 2.24. The number of carbonyl (C=O) groups excluding carboxylic acids is 1. The third kappa shape index (κ3) is 5.38. The van der Waals surface area contributed by atoms with E-state index in [4.69, 9.17) is 32.5 Å². The topological polar surface area (TPSA) is 82.2 Å². The summed E-state index contributed by atoms with van der Waals surface area (Å²) in [6.45, 7) is 6.39. The molecular formula is C24H22Cl2N4O3. The molecule has 0 unspecified atom stereocenters. The van der Waals surface area contributed by atoms with Crippen LogP contribution in [0.2, 0.25) is 10.0 Å². The number of benzene rings is 2. The van der Waals surface area contributed by atoms with Crippen molar-refractivity contribution in [2.75, 3.05) is 5.32 Å². The van der Waals surface area contributed by atoms with Gasteiger partial charge < -0.3 is 14.6 Å². The Kier molecular flexibility index (Phi) is 6.72. The summed E-state index contributed by atoms with van der Waals surface area (Å²) in [5, 5.41) is 12.0. The molecule has 2 aromatic carbocycles. The monoisotopic (exact) mass is 484 g/mol. The summed E-state index contributed by atoms with van der Waals surface area (Å²) < 4.78 is 12.9. The number of nitrogens with one attached hydrogen (secondary N) is 1.